The summed E-state index contributed by atoms with van der Waals surface area (Å²) in [5, 5.41) is 13.2. The predicted octanol–water partition coefficient (Wildman–Crippen LogP) is 3.07. The molecule has 1 aromatic heterocycles. The lowest BCUT2D eigenvalue weighted by atomic mass is 10.3. The summed E-state index contributed by atoms with van der Waals surface area (Å²) >= 11 is 3.21. The number of anilines is 1. The Labute approximate surface area is 132 Å². The third kappa shape index (κ3) is 3.94. The summed E-state index contributed by atoms with van der Waals surface area (Å²) in [6.45, 7) is -0.234. The van der Waals surface area contributed by atoms with Gasteiger partial charge in [0.05, 0.1) is 0 Å². The monoisotopic (exact) mass is 403 g/mol. The standard InChI is InChI=1S/C13H10INO4S/c14-8-2-1-3-9(6-8)15-11(16)7-19-10-4-5-20-12(10)13(17)18/h1-6H,7H2,(H,15,16)(H,17,18). The van der Waals surface area contributed by atoms with Gasteiger partial charge in [-0.2, -0.15) is 0 Å². The molecule has 1 heterocycles. The highest BCUT2D eigenvalue weighted by Crippen LogP contribution is 2.24. The molecule has 0 aliphatic carbocycles. The van der Waals surface area contributed by atoms with Crippen LogP contribution in [0.2, 0.25) is 0 Å². The van der Waals surface area contributed by atoms with E-state index in [1.807, 2.05) is 18.2 Å². The first kappa shape index (κ1) is 14.8. The average Bonchev–Trinajstić information content (AvgIpc) is 2.85. The van der Waals surface area contributed by atoms with E-state index >= 15 is 0 Å². The minimum atomic E-state index is -1.06. The zero-order valence-electron chi connectivity index (χ0n) is 10.1. The SMILES string of the molecule is O=C(COc1ccsc1C(=O)O)Nc1cccc(I)c1. The van der Waals surface area contributed by atoms with Gasteiger partial charge in [0.15, 0.2) is 11.5 Å². The summed E-state index contributed by atoms with van der Waals surface area (Å²) in [6.07, 6.45) is 0. The lowest BCUT2D eigenvalue weighted by Crippen LogP contribution is -2.20. The van der Waals surface area contributed by atoms with E-state index in [-0.39, 0.29) is 23.1 Å². The Bertz CT molecular complexity index is 641. The molecule has 0 fully saturated rings. The number of hydrogen-bond donors (Lipinski definition) is 2. The van der Waals surface area contributed by atoms with Gasteiger partial charge in [-0.25, -0.2) is 4.79 Å². The molecule has 20 heavy (non-hydrogen) atoms. The number of amides is 1. The quantitative estimate of drug-likeness (QED) is 0.753. The molecule has 2 rings (SSSR count). The van der Waals surface area contributed by atoms with Crippen LogP contribution < -0.4 is 10.1 Å². The van der Waals surface area contributed by atoms with Crippen LogP contribution in [-0.4, -0.2) is 23.6 Å². The van der Waals surface area contributed by atoms with E-state index < -0.39 is 5.97 Å². The number of rotatable bonds is 5. The second-order valence-electron chi connectivity index (χ2n) is 3.77. The van der Waals surface area contributed by atoms with Crippen LogP contribution in [0.5, 0.6) is 5.75 Å². The highest BCUT2D eigenvalue weighted by atomic mass is 127. The Balaban J connectivity index is 1.92. The molecule has 7 heteroatoms. The average molecular weight is 403 g/mol. The minimum absolute atomic E-state index is 0.0899. The zero-order chi connectivity index (χ0) is 14.5. The first-order valence-electron chi connectivity index (χ1n) is 5.55. The first-order valence-corrected chi connectivity index (χ1v) is 7.51. The molecule has 5 nitrogen and oxygen atoms in total. The molecule has 0 spiro atoms. The highest BCUT2D eigenvalue weighted by Gasteiger charge is 2.14. The van der Waals surface area contributed by atoms with Crippen molar-refractivity contribution < 1.29 is 19.4 Å². The highest BCUT2D eigenvalue weighted by molar-refractivity contribution is 14.1. The number of thiophene rings is 1. The van der Waals surface area contributed by atoms with Crippen molar-refractivity contribution >= 4 is 51.5 Å². The lowest BCUT2D eigenvalue weighted by Gasteiger charge is -2.07. The molecule has 0 unspecified atom stereocenters. The van der Waals surface area contributed by atoms with Crippen LogP contribution in [0.3, 0.4) is 0 Å². The summed E-state index contributed by atoms with van der Waals surface area (Å²) in [6, 6.07) is 8.88. The Morgan fingerprint density at radius 1 is 1.35 bits per heavy atom. The molecule has 0 saturated carbocycles. The Hall–Kier alpha value is -1.61. The largest absolute Gasteiger partial charge is 0.482 e. The van der Waals surface area contributed by atoms with Crippen molar-refractivity contribution in [2.24, 2.45) is 0 Å². The summed E-state index contributed by atoms with van der Waals surface area (Å²) in [4.78, 5) is 22.7. The fourth-order valence-corrected chi connectivity index (χ4v) is 2.69. The van der Waals surface area contributed by atoms with Crippen LogP contribution in [0, 0.1) is 3.57 Å². The molecule has 0 aliphatic rings. The topological polar surface area (TPSA) is 75.6 Å². The number of nitrogens with one attached hydrogen (secondary N) is 1. The second kappa shape index (κ2) is 6.71. The lowest BCUT2D eigenvalue weighted by molar-refractivity contribution is -0.118. The molecular formula is C13H10INO4S. The third-order valence-electron chi connectivity index (χ3n) is 2.29. The summed E-state index contributed by atoms with van der Waals surface area (Å²) in [5.41, 5.74) is 0.675. The Morgan fingerprint density at radius 3 is 2.85 bits per heavy atom. The van der Waals surface area contributed by atoms with Crippen molar-refractivity contribution in [2.45, 2.75) is 0 Å². The van der Waals surface area contributed by atoms with Crippen molar-refractivity contribution in [3.63, 3.8) is 0 Å². The fourth-order valence-electron chi connectivity index (χ4n) is 1.47. The molecule has 1 amide bonds. The zero-order valence-corrected chi connectivity index (χ0v) is 13.1. The molecule has 0 saturated heterocycles. The molecule has 2 aromatic rings. The summed E-state index contributed by atoms with van der Waals surface area (Å²) in [7, 11) is 0. The van der Waals surface area contributed by atoms with Gasteiger partial charge >= 0.3 is 5.97 Å². The summed E-state index contributed by atoms with van der Waals surface area (Å²) in [5.74, 6) is -1.19. The van der Waals surface area contributed by atoms with E-state index in [0.29, 0.717) is 5.69 Å². The molecule has 1 aromatic carbocycles. The molecule has 0 radical (unpaired) electrons. The van der Waals surface area contributed by atoms with Crippen LogP contribution in [0.4, 0.5) is 5.69 Å². The van der Waals surface area contributed by atoms with E-state index in [2.05, 4.69) is 27.9 Å². The molecule has 2 N–H and O–H groups in total. The van der Waals surface area contributed by atoms with Gasteiger partial charge in [-0.1, -0.05) is 6.07 Å². The van der Waals surface area contributed by atoms with Gasteiger partial charge in [-0.15, -0.1) is 11.3 Å². The Morgan fingerprint density at radius 2 is 2.15 bits per heavy atom. The first-order chi connectivity index (χ1) is 9.56. The number of ether oxygens (including phenoxy) is 1. The van der Waals surface area contributed by atoms with Gasteiger partial charge in [0, 0.05) is 9.26 Å². The minimum Gasteiger partial charge on any atom is -0.482 e. The van der Waals surface area contributed by atoms with Crippen molar-refractivity contribution in [2.75, 3.05) is 11.9 Å². The van der Waals surface area contributed by atoms with Gasteiger partial charge < -0.3 is 15.2 Å². The van der Waals surface area contributed by atoms with Crippen LogP contribution in [0.25, 0.3) is 0 Å². The van der Waals surface area contributed by atoms with E-state index in [1.165, 1.54) is 6.07 Å². The molecule has 104 valence electrons. The van der Waals surface area contributed by atoms with E-state index in [1.54, 1.807) is 11.4 Å². The maximum Gasteiger partial charge on any atom is 0.349 e. The van der Waals surface area contributed by atoms with Crippen molar-refractivity contribution in [1.29, 1.82) is 0 Å². The van der Waals surface area contributed by atoms with E-state index in [4.69, 9.17) is 9.84 Å². The van der Waals surface area contributed by atoms with E-state index in [9.17, 15) is 9.59 Å². The fraction of sp³-hybridized carbons (Fsp3) is 0.0769. The molecular weight excluding hydrogens is 393 g/mol. The molecule has 0 atom stereocenters. The number of benzene rings is 1. The van der Waals surface area contributed by atoms with Crippen molar-refractivity contribution in [1.82, 2.24) is 0 Å². The normalized spacial score (nSPS) is 10.1. The number of carbonyl (C=O) groups excluding carboxylic acids is 1. The molecule has 0 aliphatic heterocycles. The number of halogens is 1. The van der Waals surface area contributed by atoms with Crippen LogP contribution >= 0.6 is 33.9 Å². The number of carboxylic acids is 1. The van der Waals surface area contributed by atoms with Crippen LogP contribution in [0.15, 0.2) is 35.7 Å². The van der Waals surface area contributed by atoms with Gasteiger partial charge in [-0.05, 0) is 52.2 Å². The van der Waals surface area contributed by atoms with Gasteiger partial charge in [0.2, 0.25) is 0 Å². The maximum atomic E-state index is 11.7. The van der Waals surface area contributed by atoms with Gasteiger partial charge in [0.1, 0.15) is 5.75 Å². The van der Waals surface area contributed by atoms with Crippen molar-refractivity contribution in [3.8, 4) is 5.75 Å². The van der Waals surface area contributed by atoms with Gasteiger partial charge in [-0.3, -0.25) is 4.79 Å². The van der Waals surface area contributed by atoms with Crippen molar-refractivity contribution in [3.05, 3.63) is 44.2 Å². The van der Waals surface area contributed by atoms with E-state index in [0.717, 1.165) is 14.9 Å². The predicted molar refractivity (Wildman–Crippen MR) is 84.6 cm³/mol. The smallest absolute Gasteiger partial charge is 0.349 e. The Kier molecular flexibility index (Phi) is 4.96. The number of aromatic carboxylic acids is 1. The maximum absolute atomic E-state index is 11.7. The number of hydrogen-bond acceptors (Lipinski definition) is 4. The summed E-state index contributed by atoms with van der Waals surface area (Å²) < 4.78 is 6.23. The van der Waals surface area contributed by atoms with Gasteiger partial charge in [0.25, 0.3) is 5.91 Å². The molecule has 0 bridgehead atoms. The van der Waals surface area contributed by atoms with Crippen LogP contribution in [-0.2, 0) is 4.79 Å². The second-order valence-corrected chi connectivity index (χ2v) is 5.93. The number of carboxylic acid groups (broad SMARTS) is 1. The third-order valence-corrected chi connectivity index (χ3v) is 3.85. The van der Waals surface area contributed by atoms with Crippen LogP contribution in [0.1, 0.15) is 9.67 Å². The number of carbonyl (C=O) groups is 2.